The Morgan fingerprint density at radius 1 is 1.30 bits per heavy atom. The normalized spacial score (nSPS) is 11.3. The number of carboxylic acid groups (broad SMARTS) is 1. The van der Waals surface area contributed by atoms with Crippen molar-refractivity contribution in [3.8, 4) is 0 Å². The number of benzene rings is 1. The number of carbonyl (C=O) groups excluding carboxylic acids is 1. The summed E-state index contributed by atoms with van der Waals surface area (Å²) in [5.41, 5.74) is 0.580. The average Bonchev–Trinajstić information content (AvgIpc) is 2.68. The van der Waals surface area contributed by atoms with Gasteiger partial charge in [-0.1, -0.05) is 12.1 Å². The number of aryl methyl sites for hydroxylation is 1. The molecule has 0 aliphatic heterocycles. The second-order valence-corrected chi connectivity index (χ2v) is 4.05. The number of fused-ring (bicyclic) bond motifs is 1. The SMILES string of the molecule is O=C([O-])CCCn1c(C(F)(F)F)nc2ccccc21.[Na+]. The fourth-order valence-corrected chi connectivity index (χ4v) is 1.90. The van der Waals surface area contributed by atoms with Gasteiger partial charge in [0.1, 0.15) is 0 Å². The third kappa shape index (κ3) is 3.74. The topological polar surface area (TPSA) is 57.9 Å². The molecule has 0 saturated heterocycles. The summed E-state index contributed by atoms with van der Waals surface area (Å²) in [4.78, 5) is 13.9. The predicted octanol–water partition coefficient (Wildman–Crippen LogP) is -1.41. The van der Waals surface area contributed by atoms with Crippen molar-refractivity contribution in [2.24, 2.45) is 0 Å². The van der Waals surface area contributed by atoms with Gasteiger partial charge in [0, 0.05) is 12.5 Å². The molecule has 2 aromatic rings. The van der Waals surface area contributed by atoms with E-state index in [4.69, 9.17) is 0 Å². The molecule has 8 heteroatoms. The average molecular weight is 294 g/mol. The van der Waals surface area contributed by atoms with Crippen molar-refractivity contribution >= 4 is 17.0 Å². The van der Waals surface area contributed by atoms with Gasteiger partial charge < -0.3 is 14.5 Å². The summed E-state index contributed by atoms with van der Waals surface area (Å²) >= 11 is 0. The molecule has 0 amide bonds. The van der Waals surface area contributed by atoms with Crippen LogP contribution in [0.1, 0.15) is 18.7 Å². The molecule has 0 spiro atoms. The van der Waals surface area contributed by atoms with Gasteiger partial charge in [0.05, 0.1) is 11.0 Å². The number of hydrogen-bond acceptors (Lipinski definition) is 3. The minimum absolute atomic E-state index is 0. The van der Waals surface area contributed by atoms with Gasteiger partial charge in [0.2, 0.25) is 5.82 Å². The molecule has 102 valence electrons. The minimum Gasteiger partial charge on any atom is -0.550 e. The molecule has 4 nitrogen and oxygen atoms in total. The zero-order valence-electron chi connectivity index (χ0n) is 10.8. The van der Waals surface area contributed by atoms with Crippen molar-refractivity contribution < 1.29 is 52.6 Å². The number of carboxylic acids is 1. The molecule has 0 bridgehead atoms. The van der Waals surface area contributed by atoms with Crippen LogP contribution in [-0.4, -0.2) is 15.5 Å². The summed E-state index contributed by atoms with van der Waals surface area (Å²) in [6.45, 7) is -0.0661. The molecular formula is C12H10F3N2NaO2. The standard InChI is InChI=1S/C12H11F3N2O2.Na/c13-12(14,15)11-16-8-4-1-2-5-9(8)17(11)7-3-6-10(18)19;/h1-2,4-5H,3,6-7H2,(H,18,19);/q;+1/p-1. The summed E-state index contributed by atoms with van der Waals surface area (Å²) in [6.07, 6.45) is -4.80. The van der Waals surface area contributed by atoms with Crippen LogP contribution in [0.5, 0.6) is 0 Å². The molecule has 0 radical (unpaired) electrons. The van der Waals surface area contributed by atoms with E-state index in [0.717, 1.165) is 4.57 Å². The first-order valence-electron chi connectivity index (χ1n) is 5.62. The van der Waals surface area contributed by atoms with Crippen molar-refractivity contribution in [2.75, 3.05) is 0 Å². The van der Waals surface area contributed by atoms with E-state index in [0.29, 0.717) is 5.52 Å². The quantitative estimate of drug-likeness (QED) is 0.651. The Morgan fingerprint density at radius 3 is 2.55 bits per heavy atom. The first-order valence-corrected chi connectivity index (χ1v) is 5.62. The summed E-state index contributed by atoms with van der Waals surface area (Å²) in [6, 6.07) is 6.22. The first kappa shape index (κ1) is 17.0. The summed E-state index contributed by atoms with van der Waals surface area (Å²) in [7, 11) is 0. The molecule has 1 aromatic carbocycles. The van der Waals surface area contributed by atoms with Gasteiger partial charge in [0.15, 0.2) is 0 Å². The van der Waals surface area contributed by atoms with E-state index >= 15 is 0 Å². The van der Waals surface area contributed by atoms with E-state index in [2.05, 4.69) is 4.98 Å². The van der Waals surface area contributed by atoms with E-state index in [-0.39, 0.29) is 54.5 Å². The number of aliphatic carboxylic acids is 1. The van der Waals surface area contributed by atoms with Crippen molar-refractivity contribution in [1.29, 1.82) is 0 Å². The van der Waals surface area contributed by atoms with Gasteiger partial charge >= 0.3 is 35.7 Å². The minimum atomic E-state index is -4.57. The molecule has 1 heterocycles. The fraction of sp³-hybridized carbons (Fsp3) is 0.333. The molecule has 1 aromatic heterocycles. The van der Waals surface area contributed by atoms with Crippen LogP contribution >= 0.6 is 0 Å². The van der Waals surface area contributed by atoms with Crippen molar-refractivity contribution in [2.45, 2.75) is 25.6 Å². The second-order valence-electron chi connectivity index (χ2n) is 4.05. The van der Waals surface area contributed by atoms with E-state index in [1.165, 1.54) is 12.1 Å². The van der Waals surface area contributed by atoms with Crippen LogP contribution in [0.4, 0.5) is 13.2 Å². The monoisotopic (exact) mass is 294 g/mol. The Kier molecular flexibility index (Phi) is 5.61. The third-order valence-electron chi connectivity index (χ3n) is 2.67. The number of nitrogens with zero attached hydrogens (tertiary/aromatic N) is 2. The number of para-hydroxylation sites is 2. The number of imidazole rings is 1. The fourth-order valence-electron chi connectivity index (χ4n) is 1.90. The van der Waals surface area contributed by atoms with E-state index in [1.54, 1.807) is 12.1 Å². The van der Waals surface area contributed by atoms with Crippen molar-refractivity contribution in [3.05, 3.63) is 30.1 Å². The number of carbonyl (C=O) groups is 1. The Bertz CT molecular complexity index is 610. The van der Waals surface area contributed by atoms with Gasteiger partial charge in [-0.05, 0) is 25.0 Å². The Labute approximate surface area is 134 Å². The summed E-state index contributed by atoms with van der Waals surface area (Å²) in [5, 5.41) is 10.3. The number of rotatable bonds is 4. The third-order valence-corrected chi connectivity index (χ3v) is 2.67. The zero-order valence-corrected chi connectivity index (χ0v) is 12.8. The Hall–Kier alpha value is -1.05. The van der Waals surface area contributed by atoms with Gasteiger partial charge in [-0.2, -0.15) is 13.2 Å². The molecule has 0 atom stereocenters. The van der Waals surface area contributed by atoms with Crippen LogP contribution in [0.3, 0.4) is 0 Å². The number of halogens is 3. The Balaban J connectivity index is 0.00000200. The molecule has 0 unspecified atom stereocenters. The van der Waals surface area contributed by atoms with Gasteiger partial charge in [0.25, 0.3) is 0 Å². The Morgan fingerprint density at radius 2 is 1.95 bits per heavy atom. The molecule has 20 heavy (non-hydrogen) atoms. The van der Waals surface area contributed by atoms with Crippen LogP contribution in [0.15, 0.2) is 24.3 Å². The molecule has 0 fully saturated rings. The van der Waals surface area contributed by atoms with E-state index in [9.17, 15) is 23.1 Å². The molecule has 0 aliphatic rings. The molecule has 2 rings (SSSR count). The zero-order chi connectivity index (χ0) is 14.0. The van der Waals surface area contributed by atoms with E-state index < -0.39 is 18.0 Å². The number of aromatic nitrogens is 2. The van der Waals surface area contributed by atoms with Gasteiger partial charge in [-0.15, -0.1) is 0 Å². The van der Waals surface area contributed by atoms with Crippen LogP contribution in [-0.2, 0) is 17.5 Å². The van der Waals surface area contributed by atoms with Crippen LogP contribution < -0.4 is 34.7 Å². The maximum Gasteiger partial charge on any atom is 1.00 e. The molecule has 0 aliphatic carbocycles. The molecule has 0 N–H and O–H groups in total. The number of alkyl halides is 3. The van der Waals surface area contributed by atoms with E-state index in [1.807, 2.05) is 0 Å². The molecular weight excluding hydrogens is 284 g/mol. The largest absolute Gasteiger partial charge is 1.00 e. The first-order chi connectivity index (χ1) is 8.89. The second kappa shape index (κ2) is 6.60. The van der Waals surface area contributed by atoms with Gasteiger partial charge in [-0.25, -0.2) is 4.98 Å². The van der Waals surface area contributed by atoms with Crippen LogP contribution in [0.2, 0.25) is 0 Å². The van der Waals surface area contributed by atoms with Crippen LogP contribution in [0, 0.1) is 0 Å². The predicted molar refractivity (Wildman–Crippen MR) is 59.0 cm³/mol. The van der Waals surface area contributed by atoms with Crippen LogP contribution in [0.25, 0.3) is 11.0 Å². The van der Waals surface area contributed by atoms with Crippen molar-refractivity contribution in [3.63, 3.8) is 0 Å². The maximum atomic E-state index is 12.9. The maximum absolute atomic E-state index is 12.9. The van der Waals surface area contributed by atoms with Crippen molar-refractivity contribution in [1.82, 2.24) is 9.55 Å². The molecule has 0 saturated carbocycles. The smallest absolute Gasteiger partial charge is 0.550 e. The van der Waals surface area contributed by atoms with Gasteiger partial charge in [-0.3, -0.25) is 0 Å². The summed E-state index contributed by atoms with van der Waals surface area (Å²) in [5.74, 6) is -2.29. The number of hydrogen-bond donors (Lipinski definition) is 0. The summed E-state index contributed by atoms with van der Waals surface area (Å²) < 4.78 is 39.6.